The molecular weight excluding hydrogens is 441 g/mol. The lowest BCUT2D eigenvalue weighted by Crippen LogP contribution is -2.59. The number of halogens is 3. The zero-order valence-electron chi connectivity index (χ0n) is 16.8. The van der Waals surface area contributed by atoms with Crippen molar-refractivity contribution in [2.75, 3.05) is 13.1 Å². The summed E-state index contributed by atoms with van der Waals surface area (Å²) in [4.78, 5) is 23.6. The van der Waals surface area contributed by atoms with Crippen molar-refractivity contribution >= 4 is 22.9 Å². The number of pyridine rings is 1. The average molecular weight is 460 g/mol. The van der Waals surface area contributed by atoms with Crippen molar-refractivity contribution in [1.82, 2.24) is 20.2 Å². The fourth-order valence-corrected chi connectivity index (χ4v) is 6.08. The van der Waals surface area contributed by atoms with Crippen LogP contribution in [-0.4, -0.2) is 46.0 Å². The number of nitrogens with one attached hydrogen (secondary N) is 1. The minimum Gasteiger partial charge on any atom is -0.472 e. The van der Waals surface area contributed by atoms with E-state index in [0.29, 0.717) is 24.6 Å². The third-order valence-corrected chi connectivity index (χ3v) is 7.77. The highest BCUT2D eigenvalue weighted by atomic mass is 32.1. The van der Waals surface area contributed by atoms with Gasteiger partial charge in [0, 0.05) is 42.3 Å². The molecule has 0 bridgehead atoms. The topological polar surface area (TPSA) is 67.4 Å². The molecule has 0 radical (unpaired) electrons. The van der Waals surface area contributed by atoms with E-state index in [1.807, 2.05) is 22.4 Å². The lowest BCUT2D eigenvalue weighted by Gasteiger charge is -2.47. The molecule has 6 nitrogen and oxygen atoms in total. The zero-order chi connectivity index (χ0) is 22.1. The van der Waals surface area contributed by atoms with Crippen molar-refractivity contribution in [3.05, 3.63) is 58.2 Å². The van der Waals surface area contributed by atoms with Gasteiger partial charge in [-0.15, -0.1) is 11.3 Å². The molecule has 32 heavy (non-hydrogen) atoms. The Morgan fingerprint density at radius 2 is 2.16 bits per heavy atom. The standard InChI is InChI=1S/C22H19F3N4O2S/c23-22(24,25)12-3-4-16(28-10-12)31-15-9-21-8-13(21)11-29(18(15)21)20(30)14-2-1-5-26-17(14)19-27-6-7-32-19/h1-4,6-7,10,13,15,18,26H,5,8-9,11H2. The minimum atomic E-state index is -4.44. The first kappa shape index (κ1) is 19.8. The van der Waals surface area contributed by atoms with E-state index in [1.165, 1.54) is 17.4 Å². The molecule has 4 unspecified atom stereocenters. The molecule has 1 amide bonds. The molecule has 4 heterocycles. The molecule has 3 fully saturated rings. The number of hydrogen-bond acceptors (Lipinski definition) is 6. The van der Waals surface area contributed by atoms with Crippen LogP contribution < -0.4 is 10.1 Å². The van der Waals surface area contributed by atoms with Crippen LogP contribution in [0.4, 0.5) is 13.2 Å². The highest BCUT2D eigenvalue weighted by Crippen LogP contribution is 2.71. The Balaban J connectivity index is 1.24. The summed E-state index contributed by atoms with van der Waals surface area (Å²) in [6.07, 6.45) is 3.39. The molecule has 1 saturated heterocycles. The van der Waals surface area contributed by atoms with Gasteiger partial charge in [-0.25, -0.2) is 9.97 Å². The number of rotatable bonds is 4. The SMILES string of the molecule is O=C(C1=C(c2nccs2)NCC=C1)N1CC2CC23CC(Oc2ccc(C(F)(F)F)cn2)C13. The molecule has 10 heteroatoms. The lowest BCUT2D eigenvalue weighted by atomic mass is 9.73. The van der Waals surface area contributed by atoms with E-state index >= 15 is 0 Å². The fourth-order valence-electron chi connectivity index (χ4n) is 5.41. The predicted molar refractivity (Wildman–Crippen MR) is 110 cm³/mol. The highest BCUT2D eigenvalue weighted by molar-refractivity contribution is 7.10. The summed E-state index contributed by atoms with van der Waals surface area (Å²) in [5.74, 6) is 0.543. The maximum Gasteiger partial charge on any atom is 0.417 e. The van der Waals surface area contributed by atoms with Gasteiger partial charge in [0.15, 0.2) is 0 Å². The number of aromatic nitrogens is 2. The predicted octanol–water partition coefficient (Wildman–Crippen LogP) is 3.50. The minimum absolute atomic E-state index is 0.0658. The molecule has 6 rings (SSSR count). The second-order valence-electron chi connectivity index (χ2n) is 8.69. The summed E-state index contributed by atoms with van der Waals surface area (Å²) in [7, 11) is 0. The lowest BCUT2D eigenvalue weighted by molar-refractivity contribution is -0.138. The third-order valence-electron chi connectivity index (χ3n) is 6.98. The fraction of sp³-hybridized carbons (Fsp3) is 0.409. The van der Waals surface area contributed by atoms with Crippen molar-refractivity contribution in [2.24, 2.45) is 11.3 Å². The van der Waals surface area contributed by atoms with Gasteiger partial charge in [0.25, 0.3) is 5.91 Å². The second kappa shape index (κ2) is 6.81. The number of nitrogens with zero attached hydrogens (tertiary/aromatic N) is 3. The summed E-state index contributed by atoms with van der Waals surface area (Å²) >= 11 is 1.47. The quantitative estimate of drug-likeness (QED) is 0.757. The number of piperidine rings is 1. The van der Waals surface area contributed by atoms with E-state index in [2.05, 4.69) is 15.3 Å². The van der Waals surface area contributed by atoms with E-state index < -0.39 is 11.7 Å². The molecule has 2 aromatic heterocycles. The number of carbonyl (C=O) groups is 1. The van der Waals surface area contributed by atoms with Crippen LogP contribution in [0.5, 0.6) is 5.88 Å². The van der Waals surface area contributed by atoms with Crippen molar-refractivity contribution in [1.29, 1.82) is 0 Å². The van der Waals surface area contributed by atoms with Gasteiger partial charge >= 0.3 is 6.18 Å². The number of likely N-dealkylation sites (tertiary alicyclic amines) is 1. The zero-order valence-corrected chi connectivity index (χ0v) is 17.6. The van der Waals surface area contributed by atoms with Crippen LogP contribution in [0.3, 0.4) is 0 Å². The van der Waals surface area contributed by atoms with E-state index in [9.17, 15) is 18.0 Å². The highest BCUT2D eigenvalue weighted by Gasteiger charge is 2.76. The maximum atomic E-state index is 13.6. The van der Waals surface area contributed by atoms with Gasteiger partial charge in [-0.1, -0.05) is 6.08 Å². The molecule has 2 aliphatic heterocycles. The third kappa shape index (κ3) is 2.96. The van der Waals surface area contributed by atoms with E-state index in [-0.39, 0.29) is 29.3 Å². The smallest absolute Gasteiger partial charge is 0.417 e. The Labute approximate surface area is 185 Å². The molecule has 1 N–H and O–H groups in total. The molecule has 1 spiro atoms. The van der Waals surface area contributed by atoms with E-state index in [4.69, 9.17) is 4.74 Å². The van der Waals surface area contributed by atoms with Gasteiger partial charge in [-0.2, -0.15) is 13.2 Å². The van der Waals surface area contributed by atoms with Gasteiger partial charge in [0.2, 0.25) is 5.88 Å². The monoisotopic (exact) mass is 460 g/mol. The Morgan fingerprint density at radius 3 is 2.88 bits per heavy atom. The second-order valence-corrected chi connectivity index (χ2v) is 9.58. The Bertz CT molecular complexity index is 1130. The van der Waals surface area contributed by atoms with Crippen LogP contribution >= 0.6 is 11.3 Å². The van der Waals surface area contributed by atoms with Crippen molar-refractivity contribution in [3.63, 3.8) is 0 Å². The van der Waals surface area contributed by atoms with Crippen LogP contribution in [0, 0.1) is 11.3 Å². The Kier molecular flexibility index (Phi) is 4.21. The van der Waals surface area contributed by atoms with Gasteiger partial charge in [-0.05, 0) is 30.9 Å². The molecule has 4 atom stereocenters. The van der Waals surface area contributed by atoms with E-state index in [1.54, 1.807) is 6.20 Å². The van der Waals surface area contributed by atoms with Gasteiger partial charge < -0.3 is 15.0 Å². The number of dihydropyridines is 1. The van der Waals surface area contributed by atoms with Crippen LogP contribution in [0.1, 0.15) is 23.4 Å². The number of hydrogen-bond donors (Lipinski definition) is 1. The van der Waals surface area contributed by atoms with Crippen LogP contribution in [0.2, 0.25) is 0 Å². The van der Waals surface area contributed by atoms with Crippen LogP contribution in [0.25, 0.3) is 5.70 Å². The number of amides is 1. The van der Waals surface area contributed by atoms with Gasteiger partial charge in [0.05, 0.1) is 22.9 Å². The summed E-state index contributed by atoms with van der Waals surface area (Å²) in [5, 5.41) is 5.91. The summed E-state index contributed by atoms with van der Waals surface area (Å²) < 4.78 is 44.4. The largest absolute Gasteiger partial charge is 0.472 e. The van der Waals surface area contributed by atoms with Crippen LogP contribution in [0.15, 0.2) is 47.6 Å². The molecule has 2 aromatic rings. The summed E-state index contributed by atoms with van der Waals surface area (Å²) in [6, 6.07) is 2.12. The van der Waals surface area contributed by atoms with Crippen molar-refractivity contribution in [2.45, 2.75) is 31.2 Å². The molecular formula is C22H19F3N4O2S. The van der Waals surface area contributed by atoms with Crippen LogP contribution in [-0.2, 0) is 11.0 Å². The molecule has 166 valence electrons. The molecule has 0 aromatic carbocycles. The number of alkyl halides is 3. The molecule has 4 aliphatic rings. The normalized spacial score (nSPS) is 30.3. The average Bonchev–Trinajstić information content (AvgIpc) is 3.14. The van der Waals surface area contributed by atoms with Crippen molar-refractivity contribution in [3.8, 4) is 5.88 Å². The van der Waals surface area contributed by atoms with E-state index in [0.717, 1.165) is 35.8 Å². The Morgan fingerprint density at radius 1 is 1.28 bits per heavy atom. The first-order valence-electron chi connectivity index (χ1n) is 10.4. The van der Waals surface area contributed by atoms with Gasteiger partial charge in [0.1, 0.15) is 11.1 Å². The van der Waals surface area contributed by atoms with Crippen molar-refractivity contribution < 1.29 is 22.7 Å². The van der Waals surface area contributed by atoms with Gasteiger partial charge in [-0.3, -0.25) is 4.79 Å². The molecule has 2 saturated carbocycles. The Hall–Kier alpha value is -2.88. The summed E-state index contributed by atoms with van der Waals surface area (Å²) in [5.41, 5.74) is 0.595. The first-order chi connectivity index (χ1) is 15.4. The summed E-state index contributed by atoms with van der Waals surface area (Å²) in [6.45, 7) is 1.30. The number of thiazole rings is 1. The number of ether oxygens (including phenoxy) is 1. The number of carbonyl (C=O) groups excluding carboxylic acids is 1. The maximum absolute atomic E-state index is 13.6. The first-order valence-corrected chi connectivity index (χ1v) is 11.3. The molecule has 2 aliphatic carbocycles.